The van der Waals surface area contributed by atoms with E-state index in [0.29, 0.717) is 5.56 Å². The maximum Gasteiger partial charge on any atom is 0.246 e. The second kappa shape index (κ2) is 5.15. The molecular weight excluding hydrogens is 274 g/mol. The lowest BCUT2D eigenvalue weighted by molar-refractivity contribution is 0.445. The molecular formula is C12H16F2N2O2S. The van der Waals surface area contributed by atoms with Crippen molar-refractivity contribution in [3.63, 3.8) is 0 Å². The molecule has 0 radical (unpaired) electrons. The largest absolute Gasteiger partial charge is 0.316 e. The molecule has 1 N–H and O–H groups in total. The summed E-state index contributed by atoms with van der Waals surface area (Å²) in [5.41, 5.74) is 0.393. The third-order valence-corrected chi connectivity index (χ3v) is 5.06. The summed E-state index contributed by atoms with van der Waals surface area (Å²) < 4.78 is 52.9. The maximum absolute atomic E-state index is 13.8. The zero-order valence-corrected chi connectivity index (χ0v) is 11.6. The SMILES string of the molecule is CNCc1cc(F)c(F)c(S(=O)(=O)N(C)C2CC2)c1. The lowest BCUT2D eigenvalue weighted by Gasteiger charge is -2.17. The molecule has 1 aliphatic rings. The van der Waals surface area contributed by atoms with Crippen LogP contribution in [0.3, 0.4) is 0 Å². The van der Waals surface area contributed by atoms with Crippen LogP contribution < -0.4 is 5.32 Å². The molecule has 0 bridgehead atoms. The number of hydrogen-bond acceptors (Lipinski definition) is 3. The molecule has 7 heteroatoms. The molecule has 0 amide bonds. The van der Waals surface area contributed by atoms with Gasteiger partial charge in [0.05, 0.1) is 0 Å². The summed E-state index contributed by atoms with van der Waals surface area (Å²) in [5.74, 6) is -2.46. The third kappa shape index (κ3) is 2.77. The average Bonchev–Trinajstić information content (AvgIpc) is 3.16. The molecule has 0 aliphatic heterocycles. The van der Waals surface area contributed by atoms with E-state index in [2.05, 4.69) is 5.32 Å². The van der Waals surface area contributed by atoms with E-state index in [1.807, 2.05) is 0 Å². The predicted octanol–water partition coefficient (Wildman–Crippen LogP) is 1.47. The first kappa shape index (κ1) is 14.4. The Bertz CT molecular complexity index is 586. The highest BCUT2D eigenvalue weighted by atomic mass is 32.2. The van der Waals surface area contributed by atoms with E-state index >= 15 is 0 Å². The number of nitrogens with zero attached hydrogens (tertiary/aromatic N) is 1. The average molecular weight is 290 g/mol. The summed E-state index contributed by atoms with van der Waals surface area (Å²) in [6.07, 6.45) is 1.52. The van der Waals surface area contributed by atoms with Crippen LogP contribution in [0.15, 0.2) is 17.0 Å². The van der Waals surface area contributed by atoms with Gasteiger partial charge < -0.3 is 5.32 Å². The minimum atomic E-state index is -3.98. The lowest BCUT2D eigenvalue weighted by Crippen LogP contribution is -2.30. The lowest BCUT2D eigenvalue weighted by atomic mass is 10.2. The van der Waals surface area contributed by atoms with Crippen LogP contribution in [0.1, 0.15) is 18.4 Å². The molecule has 1 fully saturated rings. The fourth-order valence-corrected chi connectivity index (χ4v) is 3.44. The van der Waals surface area contributed by atoms with Gasteiger partial charge >= 0.3 is 0 Å². The van der Waals surface area contributed by atoms with Gasteiger partial charge in [-0.2, -0.15) is 4.31 Å². The van der Waals surface area contributed by atoms with E-state index in [0.717, 1.165) is 23.2 Å². The van der Waals surface area contributed by atoms with Crippen molar-refractivity contribution in [2.24, 2.45) is 0 Å². The summed E-state index contributed by atoms with van der Waals surface area (Å²) >= 11 is 0. The molecule has 1 aromatic rings. The van der Waals surface area contributed by atoms with Crippen molar-refractivity contribution in [1.82, 2.24) is 9.62 Å². The normalized spacial score (nSPS) is 16.1. The van der Waals surface area contributed by atoms with Crippen LogP contribution >= 0.6 is 0 Å². The molecule has 106 valence electrons. The van der Waals surface area contributed by atoms with E-state index in [9.17, 15) is 17.2 Å². The molecule has 0 spiro atoms. The fraction of sp³-hybridized carbons (Fsp3) is 0.500. The van der Waals surface area contributed by atoms with Crippen LogP contribution in [0.4, 0.5) is 8.78 Å². The number of halogens is 2. The number of benzene rings is 1. The Morgan fingerprint density at radius 3 is 2.53 bits per heavy atom. The van der Waals surface area contributed by atoms with Crippen LogP contribution in [0.5, 0.6) is 0 Å². The van der Waals surface area contributed by atoms with Crippen LogP contribution in [-0.4, -0.2) is 32.9 Å². The van der Waals surface area contributed by atoms with E-state index in [1.165, 1.54) is 13.1 Å². The number of nitrogens with one attached hydrogen (secondary N) is 1. The van der Waals surface area contributed by atoms with Gasteiger partial charge in [-0.1, -0.05) is 0 Å². The minimum Gasteiger partial charge on any atom is -0.316 e. The zero-order chi connectivity index (χ0) is 14.2. The summed E-state index contributed by atoms with van der Waals surface area (Å²) in [6, 6.07) is 2.09. The smallest absolute Gasteiger partial charge is 0.246 e. The van der Waals surface area contributed by atoms with Crippen molar-refractivity contribution >= 4 is 10.0 Å². The minimum absolute atomic E-state index is 0.0968. The highest BCUT2D eigenvalue weighted by Gasteiger charge is 2.37. The van der Waals surface area contributed by atoms with E-state index in [-0.39, 0.29) is 12.6 Å². The molecule has 4 nitrogen and oxygen atoms in total. The first-order valence-corrected chi connectivity index (χ1v) is 7.42. The van der Waals surface area contributed by atoms with Crippen molar-refractivity contribution in [2.45, 2.75) is 30.3 Å². The van der Waals surface area contributed by atoms with Gasteiger partial charge in [-0.25, -0.2) is 17.2 Å². The number of hydrogen-bond donors (Lipinski definition) is 1. The van der Waals surface area contributed by atoms with Gasteiger partial charge in [0, 0.05) is 19.6 Å². The Hall–Kier alpha value is -1.05. The Morgan fingerprint density at radius 1 is 1.37 bits per heavy atom. The molecule has 0 saturated heterocycles. The monoisotopic (exact) mass is 290 g/mol. The molecule has 1 saturated carbocycles. The molecule has 0 unspecified atom stereocenters. The molecule has 0 heterocycles. The molecule has 2 rings (SSSR count). The van der Waals surface area contributed by atoms with Crippen molar-refractivity contribution in [1.29, 1.82) is 0 Å². The first-order valence-electron chi connectivity index (χ1n) is 5.98. The predicted molar refractivity (Wildman–Crippen MR) is 67.1 cm³/mol. The van der Waals surface area contributed by atoms with Gasteiger partial charge in [0.2, 0.25) is 10.0 Å². The molecule has 1 aromatic carbocycles. The van der Waals surface area contributed by atoms with Gasteiger partial charge in [-0.15, -0.1) is 0 Å². The Labute approximate surface area is 111 Å². The van der Waals surface area contributed by atoms with E-state index in [1.54, 1.807) is 7.05 Å². The zero-order valence-electron chi connectivity index (χ0n) is 10.8. The summed E-state index contributed by atoms with van der Waals surface area (Å²) in [6.45, 7) is 0.271. The second-order valence-corrected chi connectivity index (χ2v) is 6.64. The van der Waals surface area contributed by atoms with Gasteiger partial charge in [0.1, 0.15) is 4.90 Å². The standard InChI is InChI=1S/C12H16F2N2O2S/c1-15-7-8-5-10(13)12(14)11(6-8)19(17,18)16(2)9-3-4-9/h5-6,9,15H,3-4,7H2,1-2H3. The van der Waals surface area contributed by atoms with E-state index < -0.39 is 26.6 Å². The summed E-state index contributed by atoms with van der Waals surface area (Å²) in [4.78, 5) is -0.591. The van der Waals surface area contributed by atoms with Crippen LogP contribution in [0, 0.1) is 11.6 Å². The summed E-state index contributed by atoms with van der Waals surface area (Å²) in [7, 11) is -0.937. The second-order valence-electron chi connectivity index (χ2n) is 4.67. The Morgan fingerprint density at radius 2 is 2.00 bits per heavy atom. The quantitative estimate of drug-likeness (QED) is 0.893. The topological polar surface area (TPSA) is 49.4 Å². The highest BCUT2D eigenvalue weighted by Crippen LogP contribution is 2.32. The number of sulfonamides is 1. The van der Waals surface area contributed by atoms with Crippen molar-refractivity contribution in [3.05, 3.63) is 29.3 Å². The van der Waals surface area contributed by atoms with Gasteiger partial charge in [0.25, 0.3) is 0 Å². The first-order chi connectivity index (χ1) is 8.87. The molecule has 1 aliphatic carbocycles. The van der Waals surface area contributed by atoms with Crippen LogP contribution in [0.2, 0.25) is 0 Å². The third-order valence-electron chi connectivity index (χ3n) is 3.15. The van der Waals surface area contributed by atoms with Crippen LogP contribution in [0.25, 0.3) is 0 Å². The van der Waals surface area contributed by atoms with Gasteiger partial charge in [0.15, 0.2) is 11.6 Å². The highest BCUT2D eigenvalue weighted by molar-refractivity contribution is 7.89. The van der Waals surface area contributed by atoms with Gasteiger partial charge in [-0.05, 0) is 37.6 Å². The number of rotatable bonds is 5. The Balaban J connectivity index is 2.48. The molecule has 0 aromatic heterocycles. The fourth-order valence-electron chi connectivity index (χ4n) is 1.90. The summed E-state index contributed by atoms with van der Waals surface area (Å²) in [5, 5.41) is 2.78. The van der Waals surface area contributed by atoms with Crippen LogP contribution in [-0.2, 0) is 16.6 Å². The van der Waals surface area contributed by atoms with Crippen molar-refractivity contribution in [3.8, 4) is 0 Å². The van der Waals surface area contributed by atoms with E-state index in [4.69, 9.17) is 0 Å². The Kier molecular flexibility index (Phi) is 3.89. The molecule has 0 atom stereocenters. The van der Waals surface area contributed by atoms with Crippen molar-refractivity contribution in [2.75, 3.05) is 14.1 Å². The van der Waals surface area contributed by atoms with Crippen molar-refractivity contribution < 1.29 is 17.2 Å². The van der Waals surface area contributed by atoms with Gasteiger partial charge in [-0.3, -0.25) is 0 Å². The maximum atomic E-state index is 13.8. The molecule has 19 heavy (non-hydrogen) atoms.